The quantitative estimate of drug-likeness (QED) is 0.628. The maximum Gasteiger partial charge on any atom is 0.326 e. The predicted molar refractivity (Wildman–Crippen MR) is 105 cm³/mol. The highest BCUT2D eigenvalue weighted by Crippen LogP contribution is 2.32. The molecule has 2 aromatic carbocycles. The molecular formula is C21H22N2O7. The number of carbonyl (C=O) groups is 3. The fraction of sp³-hybridized carbons (Fsp3) is 0.286. The number of rotatable bonds is 8. The summed E-state index contributed by atoms with van der Waals surface area (Å²) in [5, 5.41) is 5.14. The minimum atomic E-state index is -1.00. The van der Waals surface area contributed by atoms with E-state index in [2.05, 4.69) is 10.6 Å². The maximum absolute atomic E-state index is 12.2. The molecule has 2 aromatic rings. The van der Waals surface area contributed by atoms with Crippen molar-refractivity contribution in [3.63, 3.8) is 0 Å². The van der Waals surface area contributed by atoms with Crippen molar-refractivity contribution in [2.24, 2.45) is 0 Å². The topological polar surface area (TPSA) is 112 Å². The van der Waals surface area contributed by atoms with Crippen LogP contribution in [0.1, 0.15) is 22.8 Å². The molecule has 0 aliphatic carbocycles. The first kappa shape index (κ1) is 21.0. The number of hydrogen-bond acceptors (Lipinski definition) is 7. The van der Waals surface area contributed by atoms with Crippen LogP contribution < -0.4 is 24.8 Å². The van der Waals surface area contributed by atoms with Gasteiger partial charge in [0.05, 0.1) is 7.11 Å². The zero-order valence-electron chi connectivity index (χ0n) is 16.6. The summed E-state index contributed by atoms with van der Waals surface area (Å²) in [6.07, 6.45) is -1.00. The van der Waals surface area contributed by atoms with E-state index in [-0.39, 0.29) is 19.9 Å². The van der Waals surface area contributed by atoms with E-state index in [1.54, 1.807) is 31.4 Å². The highest BCUT2D eigenvalue weighted by molar-refractivity contribution is 5.96. The summed E-state index contributed by atoms with van der Waals surface area (Å²) in [4.78, 5) is 36.2. The normalized spacial score (nSPS) is 12.6. The largest absolute Gasteiger partial charge is 0.497 e. The summed E-state index contributed by atoms with van der Waals surface area (Å²) in [7, 11) is 1.57. The van der Waals surface area contributed by atoms with Gasteiger partial charge in [0.25, 0.3) is 11.8 Å². The van der Waals surface area contributed by atoms with Gasteiger partial charge in [0.1, 0.15) is 12.3 Å². The van der Waals surface area contributed by atoms with E-state index in [9.17, 15) is 14.4 Å². The van der Waals surface area contributed by atoms with Crippen molar-refractivity contribution < 1.29 is 33.3 Å². The molecule has 1 heterocycles. The van der Waals surface area contributed by atoms with Crippen molar-refractivity contribution in [1.29, 1.82) is 0 Å². The van der Waals surface area contributed by atoms with Gasteiger partial charge in [0.2, 0.25) is 6.79 Å². The van der Waals surface area contributed by atoms with E-state index in [0.29, 0.717) is 17.1 Å². The Balaban J connectivity index is 1.41. The molecule has 3 rings (SSSR count). The van der Waals surface area contributed by atoms with Gasteiger partial charge >= 0.3 is 5.97 Å². The molecule has 2 N–H and O–H groups in total. The number of nitrogens with one attached hydrogen (secondary N) is 2. The van der Waals surface area contributed by atoms with Gasteiger partial charge in [0.15, 0.2) is 17.6 Å². The molecule has 0 fully saturated rings. The Labute approximate surface area is 173 Å². The highest BCUT2D eigenvalue weighted by Gasteiger charge is 2.19. The van der Waals surface area contributed by atoms with Gasteiger partial charge in [-0.25, -0.2) is 0 Å². The fourth-order valence-corrected chi connectivity index (χ4v) is 2.66. The summed E-state index contributed by atoms with van der Waals surface area (Å²) in [6.45, 7) is 1.47. The Bertz CT molecular complexity index is 927. The van der Waals surface area contributed by atoms with Crippen LogP contribution in [0.3, 0.4) is 0 Å². The first-order valence-corrected chi connectivity index (χ1v) is 9.24. The zero-order valence-corrected chi connectivity index (χ0v) is 16.6. The first-order chi connectivity index (χ1) is 14.5. The summed E-state index contributed by atoms with van der Waals surface area (Å²) < 4.78 is 20.5. The molecule has 1 aliphatic rings. The third-order valence-electron chi connectivity index (χ3n) is 4.33. The molecule has 158 valence electrons. The average Bonchev–Trinajstić information content (AvgIpc) is 3.24. The second kappa shape index (κ2) is 9.64. The number of fused-ring (bicyclic) bond motifs is 1. The van der Waals surface area contributed by atoms with Crippen molar-refractivity contribution in [1.82, 2.24) is 10.6 Å². The SMILES string of the molecule is COc1ccc(CNC(=O)[C@H](C)OC(=O)CNC(=O)c2ccc3c(c2)OCO3)cc1. The highest BCUT2D eigenvalue weighted by atomic mass is 16.7. The number of benzene rings is 2. The maximum atomic E-state index is 12.2. The lowest BCUT2D eigenvalue weighted by molar-refractivity contribution is -0.153. The molecule has 0 unspecified atom stereocenters. The fourth-order valence-electron chi connectivity index (χ4n) is 2.66. The van der Waals surface area contributed by atoms with Crippen molar-refractivity contribution in [2.75, 3.05) is 20.4 Å². The van der Waals surface area contributed by atoms with Crippen LogP contribution in [0.15, 0.2) is 42.5 Å². The number of carbonyl (C=O) groups excluding carboxylic acids is 3. The smallest absolute Gasteiger partial charge is 0.326 e. The molecular weight excluding hydrogens is 392 g/mol. The van der Waals surface area contributed by atoms with E-state index in [1.165, 1.54) is 13.0 Å². The molecule has 2 amide bonds. The van der Waals surface area contributed by atoms with Crippen LogP contribution in [0.25, 0.3) is 0 Å². The van der Waals surface area contributed by atoms with Crippen molar-refractivity contribution in [3.8, 4) is 17.2 Å². The number of esters is 1. The van der Waals surface area contributed by atoms with Crippen LogP contribution in [0.4, 0.5) is 0 Å². The molecule has 1 aliphatic heterocycles. The second-order valence-corrected chi connectivity index (χ2v) is 6.45. The van der Waals surface area contributed by atoms with Crippen LogP contribution in [0, 0.1) is 0 Å². The van der Waals surface area contributed by atoms with E-state index < -0.39 is 23.9 Å². The van der Waals surface area contributed by atoms with Gasteiger partial charge in [-0.1, -0.05) is 12.1 Å². The average molecular weight is 414 g/mol. The summed E-state index contributed by atoms with van der Waals surface area (Å²) in [5.41, 5.74) is 1.19. The van der Waals surface area contributed by atoms with E-state index in [4.69, 9.17) is 18.9 Å². The number of amides is 2. The van der Waals surface area contributed by atoms with Crippen molar-refractivity contribution in [2.45, 2.75) is 19.6 Å². The van der Waals surface area contributed by atoms with Crippen LogP contribution in [-0.2, 0) is 20.9 Å². The molecule has 0 spiro atoms. The minimum absolute atomic E-state index is 0.102. The second-order valence-electron chi connectivity index (χ2n) is 6.45. The zero-order chi connectivity index (χ0) is 21.5. The molecule has 9 heteroatoms. The predicted octanol–water partition coefficient (Wildman–Crippen LogP) is 1.40. The van der Waals surface area contributed by atoms with Gasteiger partial charge in [-0.15, -0.1) is 0 Å². The Kier molecular flexibility index (Phi) is 6.74. The van der Waals surface area contributed by atoms with Gasteiger partial charge in [0, 0.05) is 12.1 Å². The number of ether oxygens (including phenoxy) is 4. The molecule has 0 bridgehead atoms. The lowest BCUT2D eigenvalue weighted by atomic mass is 10.2. The monoisotopic (exact) mass is 414 g/mol. The standard InChI is InChI=1S/C21H22N2O7/c1-13(20(25)22-10-14-3-6-16(27-2)7-4-14)30-19(24)11-23-21(26)15-5-8-17-18(9-15)29-12-28-17/h3-9,13H,10-12H2,1-2H3,(H,22,25)(H,23,26)/t13-/m0/s1. The van der Waals surface area contributed by atoms with Gasteiger partial charge in [-0.3, -0.25) is 14.4 Å². The van der Waals surface area contributed by atoms with Crippen LogP contribution in [0.2, 0.25) is 0 Å². The van der Waals surface area contributed by atoms with E-state index in [1.807, 2.05) is 12.1 Å². The van der Waals surface area contributed by atoms with Crippen LogP contribution in [0.5, 0.6) is 17.2 Å². The lowest BCUT2D eigenvalue weighted by Gasteiger charge is -2.14. The van der Waals surface area contributed by atoms with Gasteiger partial charge in [-0.05, 0) is 42.8 Å². The summed E-state index contributed by atoms with van der Waals surface area (Å²) >= 11 is 0. The molecule has 0 saturated heterocycles. The van der Waals surface area contributed by atoms with E-state index >= 15 is 0 Å². The van der Waals surface area contributed by atoms with Crippen molar-refractivity contribution in [3.05, 3.63) is 53.6 Å². The van der Waals surface area contributed by atoms with Crippen molar-refractivity contribution >= 4 is 17.8 Å². The van der Waals surface area contributed by atoms with Gasteiger partial charge < -0.3 is 29.6 Å². The van der Waals surface area contributed by atoms with Crippen LogP contribution >= 0.6 is 0 Å². The molecule has 1 atom stereocenters. The molecule has 0 saturated carbocycles. The van der Waals surface area contributed by atoms with E-state index in [0.717, 1.165) is 11.3 Å². The van der Waals surface area contributed by atoms with Gasteiger partial charge in [-0.2, -0.15) is 0 Å². The summed E-state index contributed by atoms with van der Waals surface area (Å²) in [5.74, 6) is 0.0994. The number of methoxy groups -OCH3 is 1. The Morgan fingerprint density at radius 3 is 2.50 bits per heavy atom. The lowest BCUT2D eigenvalue weighted by Crippen LogP contribution is -2.38. The third-order valence-corrected chi connectivity index (χ3v) is 4.33. The molecule has 30 heavy (non-hydrogen) atoms. The summed E-state index contributed by atoms with van der Waals surface area (Å²) in [6, 6.07) is 11.9. The Morgan fingerprint density at radius 2 is 1.77 bits per heavy atom. The first-order valence-electron chi connectivity index (χ1n) is 9.24. The Hall–Kier alpha value is -3.75. The van der Waals surface area contributed by atoms with Crippen LogP contribution in [-0.4, -0.2) is 44.3 Å². The Morgan fingerprint density at radius 1 is 1.03 bits per heavy atom. The minimum Gasteiger partial charge on any atom is -0.497 e. The molecule has 0 aromatic heterocycles. The molecule has 0 radical (unpaired) electrons. The number of hydrogen-bond donors (Lipinski definition) is 2. The third kappa shape index (κ3) is 5.40. The molecule has 9 nitrogen and oxygen atoms in total.